The molecule has 31 heavy (non-hydrogen) atoms. The molecule has 4 amide bonds. The lowest BCUT2D eigenvalue weighted by Crippen LogP contribution is -2.53. The Labute approximate surface area is 187 Å². The Bertz CT molecular complexity index is 1240. The molecule has 1 aromatic carbocycles. The SMILES string of the molecule is Cc1cc(/C=C2\C(=O)NC(=O)N(Cc3ccco3)C2=O)c(C)n1-c1cccc(Cl)c1Cl. The van der Waals surface area contributed by atoms with Crippen molar-refractivity contribution in [1.29, 1.82) is 0 Å². The molecule has 0 unspecified atom stereocenters. The average Bonchev–Trinajstić information content (AvgIpc) is 3.33. The third-order valence-electron chi connectivity index (χ3n) is 5.02. The molecular weight excluding hydrogens is 441 g/mol. The lowest BCUT2D eigenvalue weighted by molar-refractivity contribution is -0.130. The highest BCUT2D eigenvalue weighted by Gasteiger charge is 2.36. The number of rotatable bonds is 4. The molecule has 1 aliphatic rings. The van der Waals surface area contributed by atoms with E-state index in [0.717, 1.165) is 16.3 Å². The van der Waals surface area contributed by atoms with Crippen LogP contribution in [0.3, 0.4) is 0 Å². The largest absolute Gasteiger partial charge is 0.467 e. The summed E-state index contributed by atoms with van der Waals surface area (Å²) in [7, 11) is 0. The fourth-order valence-corrected chi connectivity index (χ4v) is 3.90. The summed E-state index contributed by atoms with van der Waals surface area (Å²) < 4.78 is 7.10. The number of imide groups is 2. The van der Waals surface area contributed by atoms with Gasteiger partial charge in [0.1, 0.15) is 11.3 Å². The van der Waals surface area contributed by atoms with Crippen LogP contribution in [0, 0.1) is 13.8 Å². The van der Waals surface area contributed by atoms with Gasteiger partial charge in [0.25, 0.3) is 11.8 Å². The van der Waals surface area contributed by atoms with Crippen LogP contribution in [0.1, 0.15) is 22.7 Å². The Morgan fingerprint density at radius 2 is 1.87 bits per heavy atom. The van der Waals surface area contributed by atoms with Gasteiger partial charge in [-0.1, -0.05) is 29.3 Å². The Morgan fingerprint density at radius 3 is 2.58 bits per heavy atom. The van der Waals surface area contributed by atoms with Gasteiger partial charge >= 0.3 is 6.03 Å². The lowest BCUT2D eigenvalue weighted by atomic mass is 10.1. The Kier molecular flexibility index (Phi) is 5.47. The number of furan rings is 1. The molecule has 1 fully saturated rings. The summed E-state index contributed by atoms with van der Waals surface area (Å²) in [6.07, 6.45) is 2.91. The molecule has 7 nitrogen and oxygen atoms in total. The first-order valence-corrected chi connectivity index (χ1v) is 10.1. The normalized spacial score (nSPS) is 15.7. The van der Waals surface area contributed by atoms with Crippen LogP contribution in [0.2, 0.25) is 10.0 Å². The van der Waals surface area contributed by atoms with Crippen LogP contribution < -0.4 is 5.32 Å². The molecule has 0 saturated carbocycles. The second-order valence-electron chi connectivity index (χ2n) is 7.02. The maximum absolute atomic E-state index is 12.9. The minimum Gasteiger partial charge on any atom is -0.467 e. The van der Waals surface area contributed by atoms with Gasteiger partial charge in [-0.3, -0.25) is 19.8 Å². The van der Waals surface area contributed by atoms with Gasteiger partial charge in [0.05, 0.1) is 28.5 Å². The summed E-state index contributed by atoms with van der Waals surface area (Å²) in [6, 6.07) is 9.64. The van der Waals surface area contributed by atoms with Crippen molar-refractivity contribution >= 4 is 47.1 Å². The molecular formula is C22H17Cl2N3O4. The van der Waals surface area contributed by atoms with Crippen molar-refractivity contribution in [1.82, 2.24) is 14.8 Å². The quantitative estimate of drug-likeness (QED) is 0.456. The fraction of sp³-hybridized carbons (Fsp3) is 0.136. The van der Waals surface area contributed by atoms with Crippen molar-refractivity contribution < 1.29 is 18.8 Å². The lowest BCUT2D eigenvalue weighted by Gasteiger charge is -2.25. The number of nitrogens with one attached hydrogen (secondary N) is 1. The summed E-state index contributed by atoms with van der Waals surface area (Å²) in [5.41, 5.74) is 2.76. The minimum absolute atomic E-state index is 0.0839. The van der Waals surface area contributed by atoms with E-state index in [-0.39, 0.29) is 12.1 Å². The van der Waals surface area contributed by atoms with Crippen LogP contribution >= 0.6 is 23.2 Å². The van der Waals surface area contributed by atoms with Gasteiger partial charge in [-0.15, -0.1) is 0 Å². The van der Waals surface area contributed by atoms with E-state index in [1.54, 1.807) is 24.3 Å². The second kappa shape index (κ2) is 8.09. The molecule has 1 saturated heterocycles. The monoisotopic (exact) mass is 457 g/mol. The zero-order valence-corrected chi connectivity index (χ0v) is 18.1. The number of urea groups is 1. The molecule has 1 N–H and O–H groups in total. The van der Waals surface area contributed by atoms with Gasteiger partial charge in [0.15, 0.2) is 0 Å². The molecule has 2 aromatic heterocycles. The summed E-state index contributed by atoms with van der Waals surface area (Å²) in [6.45, 7) is 3.63. The van der Waals surface area contributed by atoms with Crippen LogP contribution in [0.25, 0.3) is 11.8 Å². The topological polar surface area (TPSA) is 84.6 Å². The first-order valence-electron chi connectivity index (χ1n) is 9.32. The first-order chi connectivity index (χ1) is 14.8. The zero-order chi connectivity index (χ0) is 22.3. The summed E-state index contributed by atoms with van der Waals surface area (Å²) in [5.74, 6) is -1.03. The molecule has 158 valence electrons. The Morgan fingerprint density at radius 1 is 1.10 bits per heavy atom. The molecule has 0 spiro atoms. The molecule has 4 rings (SSSR count). The standard InChI is InChI=1S/C22H17Cl2N3O4/c1-12-9-14(13(2)27(12)18-7-3-6-17(23)19(18)24)10-16-20(28)25-22(30)26(21(16)29)11-15-5-4-8-31-15/h3-10H,11H2,1-2H3,(H,25,28,30)/b16-10+. The number of barbiturate groups is 1. The number of benzene rings is 1. The summed E-state index contributed by atoms with van der Waals surface area (Å²) in [4.78, 5) is 38.5. The van der Waals surface area contributed by atoms with Crippen molar-refractivity contribution in [3.05, 3.63) is 81.0 Å². The number of hydrogen-bond acceptors (Lipinski definition) is 4. The smallest absolute Gasteiger partial charge is 0.331 e. The fourth-order valence-electron chi connectivity index (χ4n) is 3.52. The van der Waals surface area contributed by atoms with Gasteiger partial charge in [-0.05, 0) is 55.8 Å². The molecule has 1 aliphatic heterocycles. The van der Waals surface area contributed by atoms with Crippen molar-refractivity contribution in [2.45, 2.75) is 20.4 Å². The second-order valence-corrected chi connectivity index (χ2v) is 7.81. The van der Waals surface area contributed by atoms with E-state index < -0.39 is 17.8 Å². The van der Waals surface area contributed by atoms with Gasteiger partial charge in [0, 0.05) is 11.4 Å². The van der Waals surface area contributed by atoms with E-state index in [1.165, 1.54) is 12.3 Å². The van der Waals surface area contributed by atoms with Crippen LogP contribution in [-0.4, -0.2) is 27.3 Å². The molecule has 0 aliphatic carbocycles. The number of aromatic nitrogens is 1. The number of carbonyl (C=O) groups excluding carboxylic acids is 3. The number of carbonyl (C=O) groups is 3. The number of halogens is 2. The van der Waals surface area contributed by atoms with Crippen LogP contribution in [0.5, 0.6) is 0 Å². The minimum atomic E-state index is -0.792. The van der Waals surface area contributed by atoms with Gasteiger partial charge in [-0.25, -0.2) is 4.79 Å². The molecule has 3 aromatic rings. The highest BCUT2D eigenvalue weighted by atomic mass is 35.5. The first kappa shape index (κ1) is 21.0. The maximum atomic E-state index is 12.9. The third-order valence-corrected chi connectivity index (χ3v) is 5.83. The molecule has 0 bridgehead atoms. The van der Waals surface area contributed by atoms with Gasteiger partial charge in [0.2, 0.25) is 0 Å². The van der Waals surface area contributed by atoms with E-state index in [9.17, 15) is 14.4 Å². The number of nitrogens with zero attached hydrogens (tertiary/aromatic N) is 2. The average molecular weight is 458 g/mol. The van der Waals surface area contributed by atoms with Gasteiger partial charge in [-0.2, -0.15) is 0 Å². The third kappa shape index (κ3) is 3.78. The van der Waals surface area contributed by atoms with E-state index >= 15 is 0 Å². The van der Waals surface area contributed by atoms with Crippen LogP contribution in [-0.2, 0) is 16.1 Å². The Balaban J connectivity index is 1.74. The number of aryl methyl sites for hydroxylation is 1. The zero-order valence-electron chi connectivity index (χ0n) is 16.6. The predicted molar refractivity (Wildman–Crippen MR) is 116 cm³/mol. The summed E-state index contributed by atoms with van der Waals surface area (Å²) in [5, 5.41) is 3.02. The van der Waals surface area contributed by atoms with E-state index in [1.807, 2.05) is 30.5 Å². The van der Waals surface area contributed by atoms with Crippen molar-refractivity contribution in [2.75, 3.05) is 0 Å². The Hall–Kier alpha value is -3.29. The van der Waals surface area contributed by atoms with E-state index in [4.69, 9.17) is 27.6 Å². The van der Waals surface area contributed by atoms with E-state index in [0.29, 0.717) is 27.1 Å². The highest BCUT2D eigenvalue weighted by molar-refractivity contribution is 6.43. The molecule has 0 atom stereocenters. The van der Waals surface area contributed by atoms with Crippen LogP contribution in [0.15, 0.2) is 52.7 Å². The number of amides is 4. The number of hydrogen-bond donors (Lipinski definition) is 1. The van der Waals surface area contributed by atoms with Crippen molar-refractivity contribution in [3.8, 4) is 5.69 Å². The predicted octanol–water partition coefficient (Wildman–Crippen LogP) is 4.66. The summed E-state index contributed by atoms with van der Waals surface area (Å²) >= 11 is 12.5. The van der Waals surface area contributed by atoms with E-state index in [2.05, 4.69) is 5.32 Å². The van der Waals surface area contributed by atoms with Crippen molar-refractivity contribution in [3.63, 3.8) is 0 Å². The van der Waals surface area contributed by atoms with Crippen LogP contribution in [0.4, 0.5) is 4.79 Å². The molecule has 0 radical (unpaired) electrons. The van der Waals surface area contributed by atoms with Gasteiger partial charge < -0.3 is 8.98 Å². The maximum Gasteiger partial charge on any atom is 0.331 e. The molecule has 9 heteroatoms. The van der Waals surface area contributed by atoms with Crippen molar-refractivity contribution in [2.24, 2.45) is 0 Å². The highest BCUT2D eigenvalue weighted by Crippen LogP contribution is 2.32. The molecule has 3 heterocycles.